The van der Waals surface area contributed by atoms with Crippen LogP contribution in [0.1, 0.15) is 58.3 Å². The average molecular weight is 224 g/mol. The third kappa shape index (κ3) is 1.70. The van der Waals surface area contributed by atoms with E-state index in [9.17, 15) is 5.11 Å². The highest BCUT2D eigenvalue weighted by Gasteiger charge is 2.51. The monoisotopic (exact) mass is 224 g/mol. The number of aliphatic hydroxyl groups is 1. The Bertz CT molecular complexity index is 262. The first-order valence-corrected chi connectivity index (χ1v) is 6.98. The average Bonchev–Trinajstić information content (AvgIpc) is 2.64. The van der Waals surface area contributed by atoms with E-state index in [1.54, 1.807) is 0 Å². The summed E-state index contributed by atoms with van der Waals surface area (Å²) >= 11 is 0. The highest BCUT2D eigenvalue weighted by Crippen LogP contribution is 2.51. The molecule has 2 heteroatoms. The van der Waals surface area contributed by atoms with Crippen molar-refractivity contribution in [1.29, 1.82) is 0 Å². The Morgan fingerprint density at radius 3 is 2.44 bits per heavy atom. The van der Waals surface area contributed by atoms with E-state index in [-0.39, 0.29) is 11.2 Å². The summed E-state index contributed by atoms with van der Waals surface area (Å²) in [5.41, 5.74) is -0.170. The molecule has 1 spiro atoms. The molecule has 1 aliphatic heterocycles. The van der Waals surface area contributed by atoms with Crippen molar-refractivity contribution in [2.75, 3.05) is 6.61 Å². The molecule has 3 aliphatic rings. The molecule has 0 bridgehead atoms. The summed E-state index contributed by atoms with van der Waals surface area (Å²) in [5.74, 6) is 1.24. The molecule has 1 heterocycles. The van der Waals surface area contributed by atoms with Crippen molar-refractivity contribution < 1.29 is 9.84 Å². The van der Waals surface area contributed by atoms with Crippen molar-refractivity contribution in [3.05, 3.63) is 0 Å². The van der Waals surface area contributed by atoms with Crippen LogP contribution < -0.4 is 0 Å². The summed E-state index contributed by atoms with van der Waals surface area (Å²) in [6.07, 6.45) is 9.34. The lowest BCUT2D eigenvalue weighted by atomic mass is 9.61. The summed E-state index contributed by atoms with van der Waals surface area (Å²) in [5, 5.41) is 10.6. The van der Waals surface area contributed by atoms with E-state index in [2.05, 4.69) is 6.92 Å². The fourth-order valence-corrected chi connectivity index (χ4v) is 4.33. The normalized spacial score (nSPS) is 46.9. The molecule has 2 aliphatic carbocycles. The molecule has 1 N–H and O–H groups in total. The van der Waals surface area contributed by atoms with Crippen LogP contribution in [-0.2, 0) is 4.74 Å². The van der Waals surface area contributed by atoms with Crippen LogP contribution in [0, 0.1) is 11.8 Å². The summed E-state index contributed by atoms with van der Waals surface area (Å²) < 4.78 is 6.04. The molecule has 2 saturated carbocycles. The van der Waals surface area contributed by atoms with Gasteiger partial charge in [0.1, 0.15) is 0 Å². The smallest absolute Gasteiger partial charge is 0.0686 e. The molecule has 1 unspecified atom stereocenters. The molecule has 3 rings (SSSR count). The van der Waals surface area contributed by atoms with Gasteiger partial charge in [0.15, 0.2) is 0 Å². The second kappa shape index (κ2) is 3.71. The third-order valence-electron chi connectivity index (χ3n) is 5.17. The summed E-state index contributed by atoms with van der Waals surface area (Å²) in [6, 6.07) is 0. The van der Waals surface area contributed by atoms with E-state index >= 15 is 0 Å². The van der Waals surface area contributed by atoms with Gasteiger partial charge in [-0.15, -0.1) is 0 Å². The third-order valence-corrected chi connectivity index (χ3v) is 5.17. The topological polar surface area (TPSA) is 29.5 Å². The first-order valence-electron chi connectivity index (χ1n) is 6.98. The van der Waals surface area contributed by atoms with Gasteiger partial charge in [-0.1, -0.05) is 19.8 Å². The molecule has 16 heavy (non-hydrogen) atoms. The van der Waals surface area contributed by atoms with Crippen molar-refractivity contribution in [3.8, 4) is 0 Å². The SMILES string of the molecule is CC1CC(O)(C2CCOC3(CCCC3)C2)C1. The highest BCUT2D eigenvalue weighted by molar-refractivity contribution is 5.02. The van der Waals surface area contributed by atoms with Crippen molar-refractivity contribution in [2.24, 2.45) is 11.8 Å². The lowest BCUT2D eigenvalue weighted by Crippen LogP contribution is -2.53. The standard InChI is InChI=1S/C14H24O2/c1-11-8-14(15,9-11)12-4-7-16-13(10-12)5-2-3-6-13/h11-12,15H,2-10H2,1H3. The first kappa shape index (κ1) is 11.0. The van der Waals surface area contributed by atoms with Crippen LogP contribution in [0.15, 0.2) is 0 Å². The Morgan fingerprint density at radius 1 is 1.12 bits per heavy atom. The molecule has 0 radical (unpaired) electrons. The van der Waals surface area contributed by atoms with E-state index in [4.69, 9.17) is 4.74 Å². The minimum atomic E-state index is -0.335. The van der Waals surface area contributed by atoms with E-state index in [0.29, 0.717) is 5.92 Å². The van der Waals surface area contributed by atoms with Gasteiger partial charge in [0.05, 0.1) is 11.2 Å². The van der Waals surface area contributed by atoms with Crippen molar-refractivity contribution >= 4 is 0 Å². The maximum atomic E-state index is 10.6. The van der Waals surface area contributed by atoms with Gasteiger partial charge in [-0.25, -0.2) is 0 Å². The van der Waals surface area contributed by atoms with Gasteiger partial charge < -0.3 is 9.84 Å². The Labute approximate surface area is 98.4 Å². The zero-order chi connectivity index (χ0) is 11.2. The number of ether oxygens (including phenoxy) is 1. The Hall–Kier alpha value is -0.0800. The first-order chi connectivity index (χ1) is 7.62. The maximum absolute atomic E-state index is 10.6. The second-order valence-corrected chi connectivity index (χ2v) is 6.55. The van der Waals surface area contributed by atoms with E-state index in [1.807, 2.05) is 0 Å². The molecule has 0 aromatic rings. The fourth-order valence-electron chi connectivity index (χ4n) is 4.33. The molecule has 0 aromatic heterocycles. The van der Waals surface area contributed by atoms with Crippen LogP contribution in [0.25, 0.3) is 0 Å². The Morgan fingerprint density at radius 2 is 1.81 bits per heavy atom. The molecule has 3 fully saturated rings. The molecule has 0 amide bonds. The highest BCUT2D eigenvalue weighted by atomic mass is 16.5. The molecule has 2 nitrogen and oxygen atoms in total. The van der Waals surface area contributed by atoms with Crippen LogP contribution >= 0.6 is 0 Å². The Balaban J connectivity index is 1.68. The largest absolute Gasteiger partial charge is 0.390 e. The minimum absolute atomic E-state index is 0.164. The van der Waals surface area contributed by atoms with Crippen LogP contribution in [0.4, 0.5) is 0 Å². The van der Waals surface area contributed by atoms with E-state index < -0.39 is 0 Å². The number of hydrogen-bond donors (Lipinski definition) is 1. The summed E-state index contributed by atoms with van der Waals surface area (Å²) in [7, 11) is 0. The fraction of sp³-hybridized carbons (Fsp3) is 1.00. The quantitative estimate of drug-likeness (QED) is 0.742. The number of rotatable bonds is 1. The minimum Gasteiger partial charge on any atom is -0.390 e. The van der Waals surface area contributed by atoms with Gasteiger partial charge in [0.2, 0.25) is 0 Å². The van der Waals surface area contributed by atoms with Gasteiger partial charge in [0, 0.05) is 6.61 Å². The summed E-state index contributed by atoms with van der Waals surface area (Å²) in [4.78, 5) is 0. The molecule has 1 saturated heterocycles. The predicted molar refractivity (Wildman–Crippen MR) is 63.2 cm³/mol. The molecule has 92 valence electrons. The second-order valence-electron chi connectivity index (χ2n) is 6.55. The van der Waals surface area contributed by atoms with Crippen LogP contribution in [-0.4, -0.2) is 22.9 Å². The van der Waals surface area contributed by atoms with Gasteiger partial charge >= 0.3 is 0 Å². The Kier molecular flexibility index (Phi) is 2.56. The number of hydrogen-bond acceptors (Lipinski definition) is 2. The van der Waals surface area contributed by atoms with Crippen molar-refractivity contribution in [3.63, 3.8) is 0 Å². The molecule has 1 atom stereocenters. The predicted octanol–water partition coefficient (Wildman–Crippen LogP) is 2.89. The zero-order valence-electron chi connectivity index (χ0n) is 10.4. The van der Waals surface area contributed by atoms with E-state index in [0.717, 1.165) is 38.2 Å². The maximum Gasteiger partial charge on any atom is 0.0686 e. The summed E-state index contributed by atoms with van der Waals surface area (Å²) in [6.45, 7) is 3.13. The molecule has 0 aromatic carbocycles. The van der Waals surface area contributed by atoms with Crippen molar-refractivity contribution in [1.82, 2.24) is 0 Å². The van der Waals surface area contributed by atoms with Gasteiger partial charge in [0.25, 0.3) is 0 Å². The molecular formula is C14H24O2. The molecular weight excluding hydrogens is 200 g/mol. The lowest BCUT2D eigenvalue weighted by Gasteiger charge is -2.52. The van der Waals surface area contributed by atoms with Gasteiger partial charge in [-0.2, -0.15) is 0 Å². The van der Waals surface area contributed by atoms with Crippen molar-refractivity contribution in [2.45, 2.75) is 69.5 Å². The van der Waals surface area contributed by atoms with Gasteiger partial charge in [-0.05, 0) is 50.4 Å². The van der Waals surface area contributed by atoms with Gasteiger partial charge in [-0.3, -0.25) is 0 Å². The lowest BCUT2D eigenvalue weighted by molar-refractivity contribution is -0.177. The van der Waals surface area contributed by atoms with Crippen LogP contribution in [0.3, 0.4) is 0 Å². The zero-order valence-corrected chi connectivity index (χ0v) is 10.4. The van der Waals surface area contributed by atoms with Crippen LogP contribution in [0.5, 0.6) is 0 Å². The van der Waals surface area contributed by atoms with E-state index in [1.165, 1.54) is 25.7 Å². The van der Waals surface area contributed by atoms with Crippen LogP contribution in [0.2, 0.25) is 0 Å².